The summed E-state index contributed by atoms with van der Waals surface area (Å²) < 4.78 is 39.4. The van der Waals surface area contributed by atoms with Gasteiger partial charge in [0.05, 0.1) is 25.9 Å². The van der Waals surface area contributed by atoms with Crippen LogP contribution < -0.4 is 9.46 Å². The smallest absolute Gasteiger partial charge is 0.244 e. The van der Waals surface area contributed by atoms with Gasteiger partial charge in [0.2, 0.25) is 10.0 Å². The van der Waals surface area contributed by atoms with E-state index in [1.807, 2.05) is 25.6 Å². The first-order chi connectivity index (χ1) is 11.8. The van der Waals surface area contributed by atoms with E-state index in [0.29, 0.717) is 5.75 Å². The number of aliphatic hydroxyl groups is 1. The van der Waals surface area contributed by atoms with E-state index in [-0.39, 0.29) is 24.7 Å². The highest BCUT2D eigenvalue weighted by atomic mass is 32.2. The largest absolute Gasteiger partial charge is 0.495 e. The van der Waals surface area contributed by atoms with Crippen LogP contribution in [-0.4, -0.2) is 57.5 Å². The Bertz CT molecular complexity index is 685. The van der Waals surface area contributed by atoms with Gasteiger partial charge in [-0.05, 0) is 61.5 Å². The molecule has 25 heavy (non-hydrogen) atoms. The lowest BCUT2D eigenvalue weighted by atomic mass is 9.97. The molecule has 1 aliphatic heterocycles. The second-order valence-corrected chi connectivity index (χ2v) is 9.24. The number of hydrogen-bond acceptors (Lipinski definition) is 6. The molecule has 8 heteroatoms. The summed E-state index contributed by atoms with van der Waals surface area (Å²) in [7, 11) is -2.26. The maximum absolute atomic E-state index is 12.8. The topological polar surface area (TPSA) is 84.9 Å². The van der Waals surface area contributed by atoms with Gasteiger partial charge in [-0.3, -0.25) is 0 Å². The van der Waals surface area contributed by atoms with Gasteiger partial charge in [-0.15, -0.1) is 0 Å². The summed E-state index contributed by atoms with van der Waals surface area (Å²) >= 11 is 1.83. The number of nitrogens with one attached hydrogen (secondary N) is 1. The summed E-state index contributed by atoms with van der Waals surface area (Å²) in [5.41, 5.74) is 1.30. The minimum Gasteiger partial charge on any atom is -0.495 e. The molecule has 2 rings (SSSR count). The molecule has 0 aliphatic carbocycles. The average molecular weight is 390 g/mol. The molecule has 0 aromatic heterocycles. The number of thioether (sulfide) groups is 1. The average Bonchev–Trinajstić information content (AvgIpc) is 2.61. The van der Waals surface area contributed by atoms with Crippen LogP contribution in [0.2, 0.25) is 0 Å². The van der Waals surface area contributed by atoms with E-state index >= 15 is 0 Å². The molecule has 0 amide bonds. The van der Waals surface area contributed by atoms with Crippen molar-refractivity contribution in [1.29, 1.82) is 0 Å². The van der Waals surface area contributed by atoms with E-state index < -0.39 is 15.6 Å². The number of sulfonamides is 1. The number of benzene rings is 1. The van der Waals surface area contributed by atoms with Crippen molar-refractivity contribution in [1.82, 2.24) is 4.72 Å². The molecule has 1 aliphatic rings. The van der Waals surface area contributed by atoms with Gasteiger partial charge in [0, 0.05) is 6.54 Å². The first-order valence-electron chi connectivity index (χ1n) is 8.31. The normalized spacial score (nSPS) is 17.4. The lowest BCUT2D eigenvalue weighted by Gasteiger charge is -2.37. The Morgan fingerprint density at radius 1 is 1.24 bits per heavy atom. The number of aliphatic hydroxyl groups excluding tert-OH is 1. The quantitative estimate of drug-likeness (QED) is 0.706. The maximum Gasteiger partial charge on any atom is 0.244 e. The van der Waals surface area contributed by atoms with Crippen molar-refractivity contribution < 1.29 is 23.0 Å². The fourth-order valence-electron chi connectivity index (χ4n) is 2.81. The third-order valence-electron chi connectivity index (χ3n) is 4.56. The molecule has 1 aromatic rings. The zero-order valence-corrected chi connectivity index (χ0v) is 16.6. The second kappa shape index (κ2) is 8.73. The Hall–Kier alpha value is -0.800. The van der Waals surface area contributed by atoms with E-state index in [1.165, 1.54) is 7.11 Å². The summed E-state index contributed by atoms with van der Waals surface area (Å²) in [5, 5.41) is 9.06. The third-order valence-corrected chi connectivity index (χ3v) is 6.97. The van der Waals surface area contributed by atoms with E-state index in [4.69, 9.17) is 14.6 Å². The van der Waals surface area contributed by atoms with Crippen LogP contribution in [0, 0.1) is 13.8 Å². The van der Waals surface area contributed by atoms with Crippen LogP contribution in [0.1, 0.15) is 24.0 Å². The van der Waals surface area contributed by atoms with E-state index in [2.05, 4.69) is 4.72 Å². The molecule has 0 unspecified atom stereocenters. The summed E-state index contributed by atoms with van der Waals surface area (Å²) in [5.74, 6) is 2.17. The van der Waals surface area contributed by atoms with E-state index in [1.54, 1.807) is 12.1 Å². The van der Waals surface area contributed by atoms with E-state index in [9.17, 15) is 8.42 Å². The van der Waals surface area contributed by atoms with Crippen LogP contribution in [0.4, 0.5) is 0 Å². The van der Waals surface area contributed by atoms with E-state index in [0.717, 1.165) is 35.5 Å². The minimum absolute atomic E-state index is 0.0768. The fourth-order valence-corrected chi connectivity index (χ4v) is 5.40. The molecule has 0 bridgehead atoms. The Balaban J connectivity index is 2.21. The van der Waals surface area contributed by atoms with Crippen LogP contribution in [0.5, 0.6) is 5.75 Å². The number of methoxy groups -OCH3 is 1. The fraction of sp³-hybridized carbons (Fsp3) is 0.647. The van der Waals surface area contributed by atoms with Crippen LogP contribution in [0.3, 0.4) is 0 Å². The zero-order chi connectivity index (χ0) is 18.5. The first-order valence-corrected chi connectivity index (χ1v) is 10.9. The van der Waals surface area contributed by atoms with Gasteiger partial charge in [0.1, 0.15) is 10.6 Å². The highest BCUT2D eigenvalue weighted by Crippen LogP contribution is 2.31. The van der Waals surface area contributed by atoms with Crippen LogP contribution in [0.25, 0.3) is 0 Å². The standard InChI is InChI=1S/C17H27NO5S2/c1-13-10-15(22-3)16(11-14(13)2)25(20,21)18-12-17(23-7-6-19)4-8-24-9-5-17/h10-11,18-19H,4-9,12H2,1-3H3. The summed E-state index contributed by atoms with van der Waals surface area (Å²) in [6.07, 6.45) is 1.51. The third kappa shape index (κ3) is 5.10. The Morgan fingerprint density at radius 2 is 1.88 bits per heavy atom. The lowest BCUT2D eigenvalue weighted by Crippen LogP contribution is -2.48. The number of ether oxygens (including phenoxy) is 2. The van der Waals surface area contributed by atoms with Crippen molar-refractivity contribution >= 4 is 21.8 Å². The van der Waals surface area contributed by atoms with Crippen molar-refractivity contribution in [3.05, 3.63) is 23.3 Å². The van der Waals surface area contributed by atoms with Crippen LogP contribution >= 0.6 is 11.8 Å². The molecule has 142 valence electrons. The monoisotopic (exact) mass is 389 g/mol. The Labute approximate surface area is 154 Å². The lowest BCUT2D eigenvalue weighted by molar-refractivity contribution is -0.0591. The molecular formula is C17H27NO5S2. The Kier molecular flexibility index (Phi) is 7.16. The van der Waals surface area contributed by atoms with Crippen molar-refractivity contribution in [3.63, 3.8) is 0 Å². The summed E-state index contributed by atoms with van der Waals surface area (Å²) in [6, 6.07) is 3.37. The predicted octanol–water partition coefficient (Wildman–Crippen LogP) is 1.87. The number of hydrogen-bond donors (Lipinski definition) is 2. The molecular weight excluding hydrogens is 362 g/mol. The number of aryl methyl sites for hydroxylation is 2. The highest BCUT2D eigenvalue weighted by molar-refractivity contribution is 7.99. The van der Waals surface area contributed by atoms with Crippen LogP contribution in [0.15, 0.2) is 17.0 Å². The van der Waals surface area contributed by atoms with Gasteiger partial charge in [-0.25, -0.2) is 13.1 Å². The molecule has 1 saturated heterocycles. The SMILES string of the molecule is COc1cc(C)c(C)cc1S(=O)(=O)NCC1(OCCO)CCSCC1. The Morgan fingerprint density at radius 3 is 2.48 bits per heavy atom. The molecule has 2 N–H and O–H groups in total. The molecule has 0 radical (unpaired) electrons. The van der Waals surface area contributed by atoms with Gasteiger partial charge in [0.15, 0.2) is 0 Å². The van der Waals surface area contributed by atoms with Gasteiger partial charge in [-0.2, -0.15) is 11.8 Å². The van der Waals surface area contributed by atoms with Crippen molar-refractivity contribution in [2.24, 2.45) is 0 Å². The highest BCUT2D eigenvalue weighted by Gasteiger charge is 2.35. The van der Waals surface area contributed by atoms with Crippen molar-refractivity contribution in [2.45, 2.75) is 37.2 Å². The first kappa shape index (κ1) is 20.5. The number of rotatable bonds is 8. The zero-order valence-electron chi connectivity index (χ0n) is 15.0. The van der Waals surface area contributed by atoms with Crippen molar-refractivity contribution in [3.8, 4) is 5.75 Å². The van der Waals surface area contributed by atoms with Gasteiger partial charge in [-0.1, -0.05) is 0 Å². The molecule has 6 nitrogen and oxygen atoms in total. The molecule has 0 spiro atoms. The molecule has 0 atom stereocenters. The van der Waals surface area contributed by atoms with Gasteiger partial charge < -0.3 is 14.6 Å². The van der Waals surface area contributed by atoms with Gasteiger partial charge >= 0.3 is 0 Å². The summed E-state index contributed by atoms with van der Waals surface area (Å²) in [6.45, 7) is 4.11. The van der Waals surface area contributed by atoms with Crippen molar-refractivity contribution in [2.75, 3.05) is 38.4 Å². The predicted molar refractivity (Wildman–Crippen MR) is 100.0 cm³/mol. The second-order valence-electron chi connectivity index (χ2n) is 6.28. The molecule has 1 aromatic carbocycles. The molecule has 1 heterocycles. The van der Waals surface area contributed by atoms with Crippen LogP contribution in [-0.2, 0) is 14.8 Å². The summed E-state index contributed by atoms with van der Waals surface area (Å²) in [4.78, 5) is 0.139. The minimum atomic E-state index is -3.73. The molecule has 1 fully saturated rings. The maximum atomic E-state index is 12.8. The molecule has 0 saturated carbocycles. The van der Waals surface area contributed by atoms with Gasteiger partial charge in [0.25, 0.3) is 0 Å².